The van der Waals surface area contributed by atoms with Crippen LogP contribution in [-0.2, 0) is 13.0 Å². The van der Waals surface area contributed by atoms with Crippen LogP contribution in [0.2, 0.25) is 0 Å². The van der Waals surface area contributed by atoms with Crippen molar-refractivity contribution in [3.05, 3.63) is 52.4 Å². The van der Waals surface area contributed by atoms with E-state index in [0.29, 0.717) is 11.3 Å². The molecule has 1 fully saturated rings. The third-order valence-electron chi connectivity index (χ3n) is 4.94. The first-order valence-electron chi connectivity index (χ1n) is 8.72. The molecule has 0 radical (unpaired) electrons. The average Bonchev–Trinajstić information content (AvgIpc) is 2.98. The molecule has 2 aromatic rings. The fourth-order valence-electron chi connectivity index (χ4n) is 3.37. The molecule has 0 saturated carbocycles. The Morgan fingerprint density at radius 1 is 1.25 bits per heavy atom. The van der Waals surface area contributed by atoms with Crippen LogP contribution in [0.4, 0.5) is 0 Å². The molecule has 5 heteroatoms. The highest BCUT2D eigenvalue weighted by Gasteiger charge is 2.29. The first-order chi connectivity index (χ1) is 11.6. The number of carbonyl (C=O) groups is 1. The largest absolute Gasteiger partial charge is 0.361 e. The Bertz CT molecular complexity index is 715. The average molecular weight is 328 g/mol. The van der Waals surface area contributed by atoms with E-state index in [-0.39, 0.29) is 5.91 Å². The van der Waals surface area contributed by atoms with E-state index < -0.39 is 0 Å². The molecule has 0 bridgehead atoms. The second kappa shape index (κ2) is 7.18. The SMILES string of the molecule is CCc1noc(C)c1C(=O)N1CC[NH+](Cc2ccccc2C)CC1. The molecule has 1 aromatic heterocycles. The molecule has 24 heavy (non-hydrogen) atoms. The van der Waals surface area contributed by atoms with Gasteiger partial charge in [0.2, 0.25) is 0 Å². The number of benzene rings is 1. The highest BCUT2D eigenvalue weighted by atomic mass is 16.5. The van der Waals surface area contributed by atoms with Crippen LogP contribution in [0.3, 0.4) is 0 Å². The zero-order valence-electron chi connectivity index (χ0n) is 14.8. The second-order valence-electron chi connectivity index (χ2n) is 6.56. The van der Waals surface area contributed by atoms with Crippen molar-refractivity contribution < 1.29 is 14.2 Å². The third kappa shape index (κ3) is 3.36. The lowest BCUT2D eigenvalue weighted by atomic mass is 10.1. The highest BCUT2D eigenvalue weighted by Crippen LogP contribution is 2.16. The molecule has 5 nitrogen and oxygen atoms in total. The molecule has 1 saturated heterocycles. The minimum atomic E-state index is 0.0699. The van der Waals surface area contributed by atoms with Gasteiger partial charge in [-0.2, -0.15) is 0 Å². The Kier molecular flexibility index (Phi) is 5.00. The van der Waals surface area contributed by atoms with E-state index in [1.807, 2.05) is 18.7 Å². The summed E-state index contributed by atoms with van der Waals surface area (Å²) in [5.41, 5.74) is 4.18. The molecule has 1 aromatic carbocycles. The Morgan fingerprint density at radius 2 is 1.96 bits per heavy atom. The third-order valence-corrected chi connectivity index (χ3v) is 4.94. The number of amides is 1. The van der Waals surface area contributed by atoms with Crippen LogP contribution in [0.25, 0.3) is 0 Å². The molecule has 1 amide bonds. The topological polar surface area (TPSA) is 50.8 Å². The lowest BCUT2D eigenvalue weighted by molar-refractivity contribution is -0.917. The molecule has 1 N–H and O–H groups in total. The molecule has 128 valence electrons. The predicted octanol–water partition coefficient (Wildman–Crippen LogP) is 1.39. The Morgan fingerprint density at radius 3 is 2.62 bits per heavy atom. The van der Waals surface area contributed by atoms with Crippen LogP contribution in [0.5, 0.6) is 0 Å². The molecule has 1 aliphatic rings. The van der Waals surface area contributed by atoms with E-state index in [1.165, 1.54) is 16.0 Å². The summed E-state index contributed by atoms with van der Waals surface area (Å²) in [4.78, 5) is 16.3. The van der Waals surface area contributed by atoms with Crippen molar-refractivity contribution in [2.45, 2.75) is 33.7 Å². The van der Waals surface area contributed by atoms with Gasteiger partial charge in [-0.25, -0.2) is 0 Å². The Balaban J connectivity index is 1.62. The number of piperazine rings is 1. The maximum absolute atomic E-state index is 12.8. The first kappa shape index (κ1) is 16.7. The summed E-state index contributed by atoms with van der Waals surface area (Å²) in [7, 11) is 0. The van der Waals surface area contributed by atoms with Crippen LogP contribution >= 0.6 is 0 Å². The summed E-state index contributed by atoms with van der Waals surface area (Å²) >= 11 is 0. The number of rotatable bonds is 4. The van der Waals surface area contributed by atoms with Crippen molar-refractivity contribution in [1.82, 2.24) is 10.1 Å². The fraction of sp³-hybridized carbons (Fsp3) is 0.474. The molecule has 2 heterocycles. The lowest BCUT2D eigenvalue weighted by Crippen LogP contribution is -3.13. The van der Waals surface area contributed by atoms with Crippen molar-refractivity contribution in [2.75, 3.05) is 26.2 Å². The van der Waals surface area contributed by atoms with Crippen LogP contribution in [0, 0.1) is 13.8 Å². The fourth-order valence-corrected chi connectivity index (χ4v) is 3.37. The number of hydrogen-bond donors (Lipinski definition) is 1. The van der Waals surface area contributed by atoms with Crippen LogP contribution in [-0.4, -0.2) is 42.1 Å². The minimum Gasteiger partial charge on any atom is -0.361 e. The smallest absolute Gasteiger partial charge is 0.259 e. The van der Waals surface area contributed by atoms with E-state index >= 15 is 0 Å². The van der Waals surface area contributed by atoms with Crippen molar-refractivity contribution in [3.8, 4) is 0 Å². The summed E-state index contributed by atoms with van der Waals surface area (Å²) < 4.78 is 5.21. The minimum absolute atomic E-state index is 0.0699. The van der Waals surface area contributed by atoms with Gasteiger partial charge in [0.15, 0.2) is 0 Å². The van der Waals surface area contributed by atoms with E-state index in [1.54, 1.807) is 0 Å². The number of nitrogens with one attached hydrogen (secondary N) is 1. The van der Waals surface area contributed by atoms with Gasteiger partial charge in [-0.05, 0) is 25.8 Å². The van der Waals surface area contributed by atoms with Crippen molar-refractivity contribution >= 4 is 5.91 Å². The predicted molar refractivity (Wildman–Crippen MR) is 92.1 cm³/mol. The molecule has 0 spiro atoms. The number of carbonyl (C=O) groups excluding carboxylic acids is 1. The lowest BCUT2D eigenvalue weighted by Gasteiger charge is -2.32. The molecule has 0 atom stereocenters. The van der Waals surface area contributed by atoms with Gasteiger partial charge < -0.3 is 14.3 Å². The number of aromatic nitrogens is 1. The highest BCUT2D eigenvalue weighted by molar-refractivity contribution is 5.96. The molecule has 3 rings (SSSR count). The van der Waals surface area contributed by atoms with Gasteiger partial charge in [0.25, 0.3) is 5.91 Å². The summed E-state index contributed by atoms with van der Waals surface area (Å²) in [6, 6.07) is 8.54. The summed E-state index contributed by atoms with van der Waals surface area (Å²) in [6.07, 6.45) is 0.719. The number of quaternary nitrogens is 1. The summed E-state index contributed by atoms with van der Waals surface area (Å²) in [5, 5.41) is 4.00. The quantitative estimate of drug-likeness (QED) is 0.923. The van der Waals surface area contributed by atoms with Crippen molar-refractivity contribution in [2.24, 2.45) is 0 Å². The van der Waals surface area contributed by atoms with Gasteiger partial charge in [-0.15, -0.1) is 0 Å². The normalized spacial score (nSPS) is 15.7. The van der Waals surface area contributed by atoms with Gasteiger partial charge >= 0.3 is 0 Å². The van der Waals surface area contributed by atoms with E-state index in [9.17, 15) is 4.79 Å². The second-order valence-corrected chi connectivity index (χ2v) is 6.56. The summed E-state index contributed by atoms with van der Waals surface area (Å²) in [5.74, 6) is 0.701. The van der Waals surface area contributed by atoms with E-state index in [4.69, 9.17) is 4.52 Å². The Hall–Kier alpha value is -2.14. The first-order valence-corrected chi connectivity index (χ1v) is 8.72. The standard InChI is InChI=1S/C19H25N3O2/c1-4-17-18(15(3)24-20-17)19(23)22-11-9-21(10-12-22)13-16-8-6-5-7-14(16)2/h5-8H,4,9-13H2,1-3H3/p+1. The van der Waals surface area contributed by atoms with Crippen molar-refractivity contribution in [3.63, 3.8) is 0 Å². The van der Waals surface area contributed by atoms with Gasteiger partial charge in [-0.3, -0.25) is 4.79 Å². The maximum Gasteiger partial charge on any atom is 0.259 e. The number of nitrogens with zero attached hydrogens (tertiary/aromatic N) is 2. The van der Waals surface area contributed by atoms with Gasteiger partial charge in [0.05, 0.1) is 31.9 Å². The van der Waals surface area contributed by atoms with Crippen molar-refractivity contribution in [1.29, 1.82) is 0 Å². The van der Waals surface area contributed by atoms with Gasteiger partial charge in [0.1, 0.15) is 17.9 Å². The van der Waals surface area contributed by atoms with E-state index in [0.717, 1.165) is 44.8 Å². The zero-order chi connectivity index (χ0) is 17.1. The number of hydrogen-bond acceptors (Lipinski definition) is 3. The molecular formula is C19H26N3O2+. The number of aryl methyl sites for hydroxylation is 3. The molecule has 0 aliphatic carbocycles. The monoisotopic (exact) mass is 328 g/mol. The molecule has 0 unspecified atom stereocenters. The summed E-state index contributed by atoms with van der Waals surface area (Å²) in [6.45, 7) is 10.5. The molecular weight excluding hydrogens is 302 g/mol. The Labute approximate surface area is 143 Å². The van der Waals surface area contributed by atoms with Gasteiger partial charge in [-0.1, -0.05) is 36.3 Å². The molecule has 1 aliphatic heterocycles. The van der Waals surface area contributed by atoms with Crippen LogP contribution in [0.1, 0.15) is 39.9 Å². The zero-order valence-corrected chi connectivity index (χ0v) is 14.8. The van der Waals surface area contributed by atoms with E-state index in [2.05, 4.69) is 36.3 Å². The van der Waals surface area contributed by atoms with Crippen LogP contribution < -0.4 is 4.90 Å². The maximum atomic E-state index is 12.8. The van der Waals surface area contributed by atoms with Crippen LogP contribution in [0.15, 0.2) is 28.8 Å². The van der Waals surface area contributed by atoms with Gasteiger partial charge in [0, 0.05) is 5.56 Å².